The number of hydrogen-bond donors (Lipinski definition) is 1. The van der Waals surface area contributed by atoms with Crippen LogP contribution in [0.2, 0.25) is 0 Å². The fourth-order valence-corrected chi connectivity index (χ4v) is 4.68. The van der Waals surface area contributed by atoms with Gasteiger partial charge >= 0.3 is 0 Å². The summed E-state index contributed by atoms with van der Waals surface area (Å²) in [7, 11) is 0. The molecule has 0 aromatic carbocycles. The molecule has 1 N–H and O–H groups in total. The van der Waals surface area contributed by atoms with Gasteiger partial charge in [0.05, 0.1) is 0 Å². The summed E-state index contributed by atoms with van der Waals surface area (Å²) >= 11 is 2.14. The van der Waals surface area contributed by atoms with Crippen LogP contribution in [0.4, 0.5) is 0 Å². The van der Waals surface area contributed by atoms with Gasteiger partial charge in [-0.1, -0.05) is 12.8 Å². The minimum atomic E-state index is 0.851. The molecule has 2 atom stereocenters. The Balaban J connectivity index is 1.46. The van der Waals surface area contributed by atoms with Crippen LogP contribution in [0.1, 0.15) is 51.4 Å². The third-order valence-electron chi connectivity index (χ3n) is 4.70. The Morgan fingerprint density at radius 3 is 2.31 bits per heavy atom. The van der Waals surface area contributed by atoms with Gasteiger partial charge in [0.25, 0.3) is 0 Å². The first-order valence-corrected chi connectivity index (χ1v) is 8.41. The van der Waals surface area contributed by atoms with Crippen molar-refractivity contribution in [2.45, 2.75) is 63.5 Å². The van der Waals surface area contributed by atoms with Gasteiger partial charge in [-0.15, -0.1) is 0 Å². The average Bonchev–Trinajstić information content (AvgIpc) is 3.15. The summed E-state index contributed by atoms with van der Waals surface area (Å²) in [5.74, 6) is 4.99. The van der Waals surface area contributed by atoms with Crippen LogP contribution in [0, 0.1) is 11.8 Å². The zero-order chi connectivity index (χ0) is 10.8. The molecule has 3 rings (SSSR count). The first-order valence-electron chi connectivity index (χ1n) is 7.25. The topological polar surface area (TPSA) is 12.0 Å². The fraction of sp³-hybridized carbons (Fsp3) is 1.00. The van der Waals surface area contributed by atoms with E-state index in [2.05, 4.69) is 17.1 Å². The van der Waals surface area contributed by atoms with Crippen LogP contribution in [0.15, 0.2) is 0 Å². The highest BCUT2D eigenvalue weighted by Gasteiger charge is 2.35. The zero-order valence-corrected chi connectivity index (χ0v) is 11.1. The minimum absolute atomic E-state index is 0.851. The van der Waals surface area contributed by atoms with Crippen molar-refractivity contribution in [2.24, 2.45) is 11.8 Å². The zero-order valence-electron chi connectivity index (χ0n) is 10.3. The van der Waals surface area contributed by atoms with E-state index in [0.29, 0.717) is 0 Å². The largest absolute Gasteiger partial charge is 0.311 e. The molecule has 0 aromatic rings. The van der Waals surface area contributed by atoms with Crippen molar-refractivity contribution in [3.8, 4) is 0 Å². The predicted molar refractivity (Wildman–Crippen MR) is 72.0 cm³/mol. The van der Waals surface area contributed by atoms with E-state index in [1.807, 2.05) is 0 Å². The molecule has 1 nitrogen and oxygen atoms in total. The minimum Gasteiger partial charge on any atom is -0.311 e. The van der Waals surface area contributed by atoms with E-state index in [-0.39, 0.29) is 0 Å². The van der Waals surface area contributed by atoms with Crippen molar-refractivity contribution < 1.29 is 0 Å². The van der Waals surface area contributed by atoms with E-state index in [1.54, 1.807) is 0 Å². The van der Waals surface area contributed by atoms with Crippen LogP contribution in [-0.2, 0) is 0 Å². The monoisotopic (exact) mass is 239 g/mol. The molecule has 2 unspecified atom stereocenters. The highest BCUT2D eigenvalue weighted by Crippen LogP contribution is 2.44. The van der Waals surface area contributed by atoms with Gasteiger partial charge in [-0.2, -0.15) is 11.8 Å². The van der Waals surface area contributed by atoms with Crippen molar-refractivity contribution in [3.05, 3.63) is 0 Å². The maximum absolute atomic E-state index is 3.96. The Bertz CT molecular complexity index is 221. The molecule has 1 heterocycles. The lowest BCUT2D eigenvalue weighted by Crippen LogP contribution is -2.43. The molecule has 16 heavy (non-hydrogen) atoms. The van der Waals surface area contributed by atoms with Gasteiger partial charge in [0.15, 0.2) is 0 Å². The van der Waals surface area contributed by atoms with E-state index in [4.69, 9.17) is 0 Å². The van der Waals surface area contributed by atoms with Gasteiger partial charge < -0.3 is 5.32 Å². The Morgan fingerprint density at radius 1 is 0.750 bits per heavy atom. The standard InChI is InChI=1S/C14H25NS/c1-2-12(11-4-5-11)10-14(3-1)15-13-6-8-16-9-7-13/h11-15H,1-10H2. The van der Waals surface area contributed by atoms with E-state index in [0.717, 1.165) is 23.9 Å². The third-order valence-corrected chi connectivity index (χ3v) is 5.74. The van der Waals surface area contributed by atoms with E-state index in [9.17, 15) is 0 Å². The number of thioether (sulfide) groups is 1. The molecule has 2 heteroatoms. The second kappa shape index (κ2) is 5.30. The fourth-order valence-electron chi connectivity index (χ4n) is 3.57. The van der Waals surface area contributed by atoms with Gasteiger partial charge in [0.1, 0.15) is 0 Å². The van der Waals surface area contributed by atoms with Gasteiger partial charge in [-0.3, -0.25) is 0 Å². The molecule has 3 fully saturated rings. The van der Waals surface area contributed by atoms with Crippen LogP contribution >= 0.6 is 11.8 Å². The molecule has 0 bridgehead atoms. The van der Waals surface area contributed by atoms with Crippen molar-refractivity contribution in [3.63, 3.8) is 0 Å². The highest BCUT2D eigenvalue weighted by atomic mass is 32.2. The van der Waals surface area contributed by atoms with E-state index >= 15 is 0 Å². The maximum atomic E-state index is 3.96. The second-order valence-electron chi connectivity index (χ2n) is 6.01. The quantitative estimate of drug-likeness (QED) is 0.809. The highest BCUT2D eigenvalue weighted by molar-refractivity contribution is 7.99. The molecule has 2 aliphatic carbocycles. The molecule has 1 saturated heterocycles. The number of rotatable bonds is 3. The second-order valence-corrected chi connectivity index (χ2v) is 7.24. The predicted octanol–water partition coefficient (Wildman–Crippen LogP) is 3.44. The normalized spacial score (nSPS) is 37.5. The Labute approximate surface area is 104 Å². The van der Waals surface area contributed by atoms with Crippen LogP contribution in [0.5, 0.6) is 0 Å². The summed E-state index contributed by atoms with van der Waals surface area (Å²) in [5, 5.41) is 3.96. The van der Waals surface area contributed by atoms with Gasteiger partial charge in [-0.05, 0) is 61.9 Å². The Morgan fingerprint density at radius 2 is 1.56 bits per heavy atom. The van der Waals surface area contributed by atoms with Crippen LogP contribution in [0.25, 0.3) is 0 Å². The van der Waals surface area contributed by atoms with Crippen molar-refractivity contribution in [1.82, 2.24) is 5.32 Å². The molecule has 92 valence electrons. The number of nitrogens with one attached hydrogen (secondary N) is 1. The molecular formula is C14H25NS. The van der Waals surface area contributed by atoms with Gasteiger partial charge in [0.2, 0.25) is 0 Å². The molecule has 1 aliphatic heterocycles. The van der Waals surface area contributed by atoms with Crippen LogP contribution < -0.4 is 5.32 Å². The van der Waals surface area contributed by atoms with Gasteiger partial charge in [0, 0.05) is 12.1 Å². The van der Waals surface area contributed by atoms with Gasteiger partial charge in [-0.25, -0.2) is 0 Å². The summed E-state index contributed by atoms with van der Waals surface area (Å²) < 4.78 is 0. The summed E-state index contributed by atoms with van der Waals surface area (Å²) in [6.45, 7) is 0. The first kappa shape index (κ1) is 11.4. The van der Waals surface area contributed by atoms with Crippen LogP contribution in [-0.4, -0.2) is 23.6 Å². The smallest absolute Gasteiger partial charge is 0.00853 e. The summed E-state index contributed by atoms with van der Waals surface area (Å²) in [6, 6.07) is 1.72. The van der Waals surface area contributed by atoms with E-state index in [1.165, 1.54) is 62.9 Å². The van der Waals surface area contributed by atoms with Crippen molar-refractivity contribution >= 4 is 11.8 Å². The van der Waals surface area contributed by atoms with Crippen molar-refractivity contribution in [2.75, 3.05) is 11.5 Å². The molecule has 0 aromatic heterocycles. The first-order chi connectivity index (χ1) is 7.92. The van der Waals surface area contributed by atoms with E-state index < -0.39 is 0 Å². The molecule has 0 radical (unpaired) electrons. The molecule has 0 amide bonds. The maximum Gasteiger partial charge on any atom is 0.00853 e. The third kappa shape index (κ3) is 2.95. The molecule has 2 saturated carbocycles. The summed E-state index contributed by atoms with van der Waals surface area (Å²) in [6.07, 6.45) is 11.9. The SMILES string of the molecule is C1CC(NC2CCSCC2)CC(C2CC2)C1. The average molecular weight is 239 g/mol. The lowest BCUT2D eigenvalue weighted by Gasteiger charge is -2.34. The lowest BCUT2D eigenvalue weighted by atomic mass is 9.82. The van der Waals surface area contributed by atoms with Crippen LogP contribution in [0.3, 0.4) is 0 Å². The Hall–Kier alpha value is 0.310. The van der Waals surface area contributed by atoms with Crippen molar-refractivity contribution in [1.29, 1.82) is 0 Å². The Kier molecular flexibility index (Phi) is 3.78. The number of hydrogen-bond acceptors (Lipinski definition) is 2. The summed E-state index contributed by atoms with van der Waals surface area (Å²) in [5.41, 5.74) is 0. The molecular weight excluding hydrogens is 214 g/mol. The molecule has 0 spiro atoms. The molecule has 3 aliphatic rings. The lowest BCUT2D eigenvalue weighted by molar-refractivity contribution is 0.242. The summed E-state index contributed by atoms with van der Waals surface area (Å²) in [4.78, 5) is 0.